The molecule has 0 aliphatic heterocycles. The summed E-state index contributed by atoms with van der Waals surface area (Å²) in [5.41, 5.74) is 5.64. The van der Waals surface area contributed by atoms with Crippen molar-refractivity contribution in [2.45, 2.75) is 13.8 Å². The molecule has 5 heteroatoms. The molecule has 0 saturated carbocycles. The minimum atomic E-state index is 0.252. The summed E-state index contributed by atoms with van der Waals surface area (Å²) in [5, 5.41) is 6.83. The first-order valence-corrected chi connectivity index (χ1v) is 9.22. The second kappa shape index (κ2) is 6.47. The van der Waals surface area contributed by atoms with Crippen molar-refractivity contribution in [1.29, 1.82) is 0 Å². The van der Waals surface area contributed by atoms with Crippen LogP contribution in [0.5, 0.6) is 0 Å². The lowest BCUT2D eigenvalue weighted by Gasteiger charge is -2.12. The van der Waals surface area contributed by atoms with Gasteiger partial charge in [-0.1, -0.05) is 42.5 Å². The van der Waals surface area contributed by atoms with Gasteiger partial charge >= 0.3 is 0 Å². The van der Waals surface area contributed by atoms with Crippen LogP contribution >= 0.6 is 22.9 Å². The molecule has 0 saturated heterocycles. The van der Waals surface area contributed by atoms with E-state index < -0.39 is 0 Å². The first kappa shape index (κ1) is 16.1. The number of anilines is 2. The van der Waals surface area contributed by atoms with Crippen LogP contribution in [0, 0.1) is 13.8 Å². The lowest BCUT2D eigenvalue weighted by Crippen LogP contribution is -1.99. The van der Waals surface area contributed by atoms with E-state index in [1.165, 1.54) is 5.56 Å². The third-order valence-electron chi connectivity index (χ3n) is 4.14. The fourth-order valence-corrected chi connectivity index (χ4v) is 4.00. The van der Waals surface area contributed by atoms with Gasteiger partial charge in [-0.3, -0.25) is 0 Å². The van der Waals surface area contributed by atoms with Gasteiger partial charge in [0.15, 0.2) is 0 Å². The summed E-state index contributed by atoms with van der Waals surface area (Å²) in [6, 6.07) is 16.6. The largest absolute Gasteiger partial charge is 0.339 e. The fraction of sp³-hybridized carbons (Fsp3) is 0.100. The summed E-state index contributed by atoms with van der Waals surface area (Å²) < 4.78 is 0. The molecule has 0 atom stereocenters. The van der Waals surface area contributed by atoms with Crippen LogP contribution in [-0.2, 0) is 0 Å². The molecule has 0 unspecified atom stereocenters. The highest BCUT2D eigenvalue weighted by molar-refractivity contribution is 7.17. The van der Waals surface area contributed by atoms with Gasteiger partial charge in [-0.05, 0) is 48.2 Å². The number of hydrogen-bond donors (Lipinski definition) is 1. The molecule has 2 aromatic carbocycles. The van der Waals surface area contributed by atoms with Crippen LogP contribution in [0.25, 0.3) is 21.3 Å². The van der Waals surface area contributed by atoms with Crippen LogP contribution < -0.4 is 5.32 Å². The van der Waals surface area contributed by atoms with Gasteiger partial charge in [-0.2, -0.15) is 4.98 Å². The fourth-order valence-electron chi connectivity index (χ4n) is 2.83. The van der Waals surface area contributed by atoms with Crippen LogP contribution in [0.1, 0.15) is 11.1 Å². The number of nitrogens with one attached hydrogen (secondary N) is 1. The number of benzene rings is 2. The average Bonchev–Trinajstić information content (AvgIpc) is 3.03. The average molecular weight is 366 g/mol. The third-order valence-corrected chi connectivity index (χ3v) is 5.18. The summed E-state index contributed by atoms with van der Waals surface area (Å²) in [5.74, 6) is 0.740. The quantitative estimate of drug-likeness (QED) is 0.428. The van der Waals surface area contributed by atoms with Crippen molar-refractivity contribution in [2.24, 2.45) is 0 Å². The highest BCUT2D eigenvalue weighted by atomic mass is 35.5. The zero-order valence-corrected chi connectivity index (χ0v) is 15.4. The molecule has 2 aromatic heterocycles. The summed E-state index contributed by atoms with van der Waals surface area (Å²) in [6.07, 6.45) is 0. The molecule has 4 aromatic rings. The predicted octanol–water partition coefficient (Wildman–Crippen LogP) is 6.37. The van der Waals surface area contributed by atoms with E-state index in [1.54, 1.807) is 11.3 Å². The first-order valence-electron chi connectivity index (χ1n) is 7.96. The number of hydrogen-bond acceptors (Lipinski definition) is 4. The molecule has 0 amide bonds. The molecule has 4 rings (SSSR count). The number of rotatable bonds is 3. The number of aromatic nitrogens is 2. The topological polar surface area (TPSA) is 37.8 Å². The number of nitrogens with zero attached hydrogens (tertiary/aromatic N) is 2. The zero-order chi connectivity index (χ0) is 17.4. The normalized spacial score (nSPS) is 11.0. The second-order valence-corrected chi connectivity index (χ2v) is 7.18. The molecule has 25 heavy (non-hydrogen) atoms. The Labute approximate surface area is 155 Å². The molecule has 0 spiro atoms. The standard InChI is InChI=1S/C20H16ClN3S/c1-12-8-9-13(2)16(10-12)22-18-17-15(14-6-4-3-5-7-14)11-25-19(17)24-20(21)23-18/h3-11H,1-2H3,(H,22,23,24). The number of fused-ring (bicyclic) bond motifs is 1. The Balaban J connectivity index is 1.91. The van der Waals surface area contributed by atoms with E-state index in [1.807, 2.05) is 18.2 Å². The van der Waals surface area contributed by atoms with Gasteiger partial charge < -0.3 is 5.32 Å². The van der Waals surface area contributed by atoms with Crippen molar-refractivity contribution in [2.75, 3.05) is 5.32 Å². The van der Waals surface area contributed by atoms with Gasteiger partial charge in [0.1, 0.15) is 10.6 Å². The Bertz CT molecular complexity index is 1060. The molecule has 0 bridgehead atoms. The Hall–Kier alpha value is -2.43. The second-order valence-electron chi connectivity index (χ2n) is 5.98. The van der Waals surface area contributed by atoms with Gasteiger partial charge in [0.25, 0.3) is 0 Å². The molecular weight excluding hydrogens is 350 g/mol. The maximum Gasteiger partial charge on any atom is 0.225 e. The van der Waals surface area contributed by atoms with Crippen molar-refractivity contribution >= 4 is 44.7 Å². The van der Waals surface area contributed by atoms with Gasteiger partial charge in [0, 0.05) is 16.6 Å². The van der Waals surface area contributed by atoms with Crippen LogP contribution in [0.3, 0.4) is 0 Å². The molecule has 1 N–H and O–H groups in total. The lowest BCUT2D eigenvalue weighted by molar-refractivity contribution is 1.22. The van der Waals surface area contributed by atoms with E-state index >= 15 is 0 Å². The Morgan fingerprint density at radius 2 is 1.80 bits per heavy atom. The summed E-state index contributed by atoms with van der Waals surface area (Å²) in [7, 11) is 0. The van der Waals surface area contributed by atoms with Crippen molar-refractivity contribution < 1.29 is 0 Å². The molecule has 0 aliphatic rings. The van der Waals surface area contributed by atoms with Gasteiger partial charge in [0.2, 0.25) is 5.28 Å². The molecular formula is C20H16ClN3S. The van der Waals surface area contributed by atoms with E-state index in [4.69, 9.17) is 11.6 Å². The van der Waals surface area contributed by atoms with E-state index in [9.17, 15) is 0 Å². The maximum absolute atomic E-state index is 6.16. The predicted molar refractivity (Wildman–Crippen MR) is 107 cm³/mol. The molecule has 0 aliphatic carbocycles. The summed E-state index contributed by atoms with van der Waals surface area (Å²) >= 11 is 7.74. The van der Waals surface area contributed by atoms with Crippen LogP contribution in [0.15, 0.2) is 53.9 Å². The molecule has 0 radical (unpaired) electrons. The van der Waals surface area contributed by atoms with E-state index in [0.29, 0.717) is 0 Å². The molecule has 2 heterocycles. The van der Waals surface area contributed by atoms with Crippen LogP contribution in [0.2, 0.25) is 5.28 Å². The molecule has 3 nitrogen and oxygen atoms in total. The van der Waals surface area contributed by atoms with Gasteiger partial charge in [-0.15, -0.1) is 11.3 Å². The summed E-state index contributed by atoms with van der Waals surface area (Å²) in [6.45, 7) is 4.15. The zero-order valence-electron chi connectivity index (χ0n) is 13.9. The van der Waals surface area contributed by atoms with Crippen molar-refractivity contribution in [3.8, 4) is 11.1 Å². The van der Waals surface area contributed by atoms with Crippen LogP contribution in [-0.4, -0.2) is 9.97 Å². The molecule has 124 valence electrons. The highest BCUT2D eigenvalue weighted by Gasteiger charge is 2.15. The minimum absolute atomic E-state index is 0.252. The van der Waals surface area contributed by atoms with E-state index in [-0.39, 0.29) is 5.28 Å². The Kier molecular flexibility index (Phi) is 4.15. The SMILES string of the molecule is Cc1ccc(C)c(Nc2nc(Cl)nc3scc(-c4ccccc4)c23)c1. The summed E-state index contributed by atoms with van der Waals surface area (Å²) in [4.78, 5) is 9.75. The van der Waals surface area contributed by atoms with E-state index in [2.05, 4.69) is 64.8 Å². The van der Waals surface area contributed by atoms with Gasteiger partial charge in [0.05, 0.1) is 5.39 Å². The Morgan fingerprint density at radius 1 is 1.00 bits per heavy atom. The van der Waals surface area contributed by atoms with E-state index in [0.717, 1.165) is 38.4 Å². The Morgan fingerprint density at radius 3 is 2.60 bits per heavy atom. The minimum Gasteiger partial charge on any atom is -0.339 e. The molecule has 0 fully saturated rings. The van der Waals surface area contributed by atoms with Crippen LogP contribution in [0.4, 0.5) is 11.5 Å². The monoisotopic (exact) mass is 365 g/mol. The van der Waals surface area contributed by atoms with Crippen molar-refractivity contribution in [3.05, 3.63) is 70.3 Å². The lowest BCUT2D eigenvalue weighted by atomic mass is 10.1. The number of thiophene rings is 1. The number of halogens is 1. The smallest absolute Gasteiger partial charge is 0.225 e. The van der Waals surface area contributed by atoms with Crippen molar-refractivity contribution in [1.82, 2.24) is 9.97 Å². The number of aryl methyl sites for hydroxylation is 2. The van der Waals surface area contributed by atoms with Gasteiger partial charge in [-0.25, -0.2) is 4.98 Å². The highest BCUT2D eigenvalue weighted by Crippen LogP contribution is 2.38. The third kappa shape index (κ3) is 3.11. The van der Waals surface area contributed by atoms with Crippen molar-refractivity contribution in [3.63, 3.8) is 0 Å². The first-order chi connectivity index (χ1) is 12.1. The maximum atomic E-state index is 6.16.